The van der Waals surface area contributed by atoms with Crippen molar-refractivity contribution in [2.24, 2.45) is 11.8 Å². The average Bonchev–Trinajstić information content (AvgIpc) is 2.64. The predicted molar refractivity (Wildman–Crippen MR) is 113 cm³/mol. The minimum absolute atomic E-state index is 0.00399. The third-order valence-electron chi connectivity index (χ3n) is 5.02. The summed E-state index contributed by atoms with van der Waals surface area (Å²) in [6.45, 7) is 8.14. The minimum atomic E-state index is -0.515. The lowest BCUT2D eigenvalue weighted by Crippen LogP contribution is -2.27. The van der Waals surface area contributed by atoms with Crippen LogP contribution in [-0.2, 0) is 9.32 Å². The molecule has 27 heavy (non-hydrogen) atoms. The predicted octanol–water partition coefficient (Wildman–Crippen LogP) is 5.66. The molecule has 0 spiro atoms. The van der Waals surface area contributed by atoms with Crippen LogP contribution in [0.15, 0.2) is 48.5 Å². The number of Topliss-reactive ketones (excluding diaryl/α,β-unsaturated/α-hetero) is 1. The number of rotatable bonds is 8. The summed E-state index contributed by atoms with van der Waals surface area (Å²) >= 11 is 0. The van der Waals surface area contributed by atoms with E-state index in [0.29, 0.717) is 5.92 Å². The average molecular weight is 384 g/mol. The van der Waals surface area contributed by atoms with Crippen molar-refractivity contribution >= 4 is 21.2 Å². The number of carbonyl (C=O) groups excluding carboxylic acids is 2. The maximum absolute atomic E-state index is 13.1. The van der Waals surface area contributed by atoms with Crippen LogP contribution in [0.3, 0.4) is 0 Å². The Morgan fingerprint density at radius 2 is 1.56 bits per heavy atom. The molecule has 0 aliphatic rings. The molecule has 0 aromatic heterocycles. The third kappa shape index (κ3) is 5.49. The van der Waals surface area contributed by atoms with E-state index in [2.05, 4.69) is 13.8 Å². The number of benzene rings is 2. The standard InChI is InChI=1S/C23H29O3P/c1-15(2)13-19(18-11-6-5-7-12-18)20(23(25)26-27)14-21(24)22-16(3)9-8-10-17(22)4/h5-12,15,19-20H,13-14,27H2,1-4H3. The van der Waals surface area contributed by atoms with Crippen molar-refractivity contribution in [2.45, 2.75) is 46.5 Å². The summed E-state index contributed by atoms with van der Waals surface area (Å²) in [5, 5.41) is 0. The van der Waals surface area contributed by atoms with Crippen molar-refractivity contribution in [3.05, 3.63) is 70.8 Å². The van der Waals surface area contributed by atoms with Gasteiger partial charge in [0.1, 0.15) is 0 Å². The van der Waals surface area contributed by atoms with Gasteiger partial charge in [0.15, 0.2) is 5.78 Å². The Morgan fingerprint density at radius 3 is 2.07 bits per heavy atom. The summed E-state index contributed by atoms with van der Waals surface area (Å²) in [5.41, 5.74) is 3.67. The molecule has 2 aromatic rings. The molecule has 0 fully saturated rings. The summed E-state index contributed by atoms with van der Waals surface area (Å²) in [6.07, 6.45) is 0.958. The molecular weight excluding hydrogens is 355 g/mol. The van der Waals surface area contributed by atoms with Gasteiger partial charge in [0, 0.05) is 12.0 Å². The first-order valence-electron chi connectivity index (χ1n) is 9.40. The lowest BCUT2D eigenvalue weighted by atomic mass is 9.77. The van der Waals surface area contributed by atoms with E-state index in [-0.39, 0.29) is 24.1 Å². The van der Waals surface area contributed by atoms with Crippen LogP contribution in [0.25, 0.3) is 0 Å². The second-order valence-corrected chi connectivity index (χ2v) is 7.82. The monoisotopic (exact) mass is 384 g/mol. The largest absolute Gasteiger partial charge is 0.451 e. The van der Waals surface area contributed by atoms with Crippen LogP contribution < -0.4 is 0 Å². The van der Waals surface area contributed by atoms with Gasteiger partial charge in [-0.05, 0) is 48.8 Å². The molecule has 0 saturated heterocycles. The van der Waals surface area contributed by atoms with Crippen LogP contribution in [0.2, 0.25) is 0 Å². The Kier molecular flexibility index (Phi) is 7.74. The topological polar surface area (TPSA) is 43.4 Å². The summed E-state index contributed by atoms with van der Waals surface area (Å²) < 4.78 is 5.02. The molecule has 3 nitrogen and oxygen atoms in total. The second-order valence-electron chi connectivity index (χ2n) is 7.58. The highest BCUT2D eigenvalue weighted by atomic mass is 31.0. The number of aryl methyl sites for hydroxylation is 2. The van der Waals surface area contributed by atoms with Gasteiger partial charge in [-0.2, -0.15) is 0 Å². The zero-order chi connectivity index (χ0) is 20.0. The van der Waals surface area contributed by atoms with E-state index < -0.39 is 5.92 Å². The molecule has 2 rings (SSSR count). The van der Waals surface area contributed by atoms with Crippen LogP contribution >= 0.6 is 9.47 Å². The highest BCUT2D eigenvalue weighted by molar-refractivity contribution is 7.10. The van der Waals surface area contributed by atoms with Crippen molar-refractivity contribution in [1.29, 1.82) is 0 Å². The maximum Gasteiger partial charge on any atom is 0.312 e. The maximum atomic E-state index is 13.1. The molecule has 0 aliphatic carbocycles. The van der Waals surface area contributed by atoms with Gasteiger partial charge in [-0.1, -0.05) is 62.4 Å². The van der Waals surface area contributed by atoms with Crippen molar-refractivity contribution < 1.29 is 14.1 Å². The van der Waals surface area contributed by atoms with E-state index in [1.165, 1.54) is 0 Å². The second kappa shape index (κ2) is 9.80. The van der Waals surface area contributed by atoms with E-state index in [1.807, 2.05) is 71.8 Å². The van der Waals surface area contributed by atoms with Crippen LogP contribution in [0, 0.1) is 25.7 Å². The van der Waals surface area contributed by atoms with Crippen LogP contribution in [0.1, 0.15) is 59.7 Å². The van der Waals surface area contributed by atoms with Gasteiger partial charge >= 0.3 is 5.97 Å². The first-order chi connectivity index (χ1) is 12.8. The molecule has 3 unspecified atom stereocenters. The van der Waals surface area contributed by atoms with Crippen LogP contribution in [0.5, 0.6) is 0 Å². The fraction of sp³-hybridized carbons (Fsp3) is 0.391. The van der Waals surface area contributed by atoms with Crippen molar-refractivity contribution in [2.75, 3.05) is 0 Å². The van der Waals surface area contributed by atoms with Crippen molar-refractivity contribution in [1.82, 2.24) is 0 Å². The fourth-order valence-corrected chi connectivity index (χ4v) is 3.95. The molecule has 0 radical (unpaired) electrons. The molecule has 2 aromatic carbocycles. The van der Waals surface area contributed by atoms with Crippen molar-refractivity contribution in [3.63, 3.8) is 0 Å². The van der Waals surface area contributed by atoms with E-state index >= 15 is 0 Å². The molecule has 0 heterocycles. The zero-order valence-electron chi connectivity index (χ0n) is 16.6. The molecule has 0 bridgehead atoms. The number of hydrogen-bond donors (Lipinski definition) is 0. The number of hydrogen-bond acceptors (Lipinski definition) is 3. The number of ketones is 1. The summed E-state index contributed by atoms with van der Waals surface area (Å²) in [6, 6.07) is 15.8. The third-order valence-corrected chi connectivity index (χ3v) is 5.26. The van der Waals surface area contributed by atoms with Crippen LogP contribution in [-0.4, -0.2) is 11.8 Å². The summed E-state index contributed by atoms with van der Waals surface area (Å²) in [7, 11) is 2.04. The van der Waals surface area contributed by atoms with Gasteiger partial charge in [-0.3, -0.25) is 9.59 Å². The molecule has 0 aliphatic heterocycles. The van der Waals surface area contributed by atoms with E-state index in [0.717, 1.165) is 28.7 Å². The first-order valence-corrected chi connectivity index (χ1v) is 9.87. The van der Waals surface area contributed by atoms with Gasteiger partial charge in [0.2, 0.25) is 0 Å². The van der Waals surface area contributed by atoms with Gasteiger partial charge in [0.25, 0.3) is 0 Å². The van der Waals surface area contributed by atoms with Crippen LogP contribution in [0.4, 0.5) is 0 Å². The summed E-state index contributed by atoms with van der Waals surface area (Å²) in [4.78, 5) is 25.8. The minimum Gasteiger partial charge on any atom is -0.451 e. The zero-order valence-corrected chi connectivity index (χ0v) is 17.7. The molecule has 0 saturated carbocycles. The SMILES string of the molecule is Cc1cccc(C)c1C(=O)CC(C(=O)OP)C(CC(C)C)c1ccccc1. The molecule has 0 amide bonds. The lowest BCUT2D eigenvalue weighted by Gasteiger charge is -2.27. The van der Waals surface area contributed by atoms with Gasteiger partial charge in [0.05, 0.1) is 15.4 Å². The summed E-state index contributed by atoms with van der Waals surface area (Å²) in [5.74, 6) is -0.540. The highest BCUT2D eigenvalue weighted by Crippen LogP contribution is 2.35. The Labute approximate surface area is 164 Å². The molecular formula is C23H29O3P. The van der Waals surface area contributed by atoms with E-state index in [1.54, 1.807) is 0 Å². The Morgan fingerprint density at radius 1 is 0.963 bits per heavy atom. The molecule has 3 atom stereocenters. The molecule has 0 N–H and O–H groups in total. The highest BCUT2D eigenvalue weighted by Gasteiger charge is 2.33. The first kappa shape index (κ1) is 21.3. The van der Waals surface area contributed by atoms with Crippen molar-refractivity contribution in [3.8, 4) is 0 Å². The Hall–Kier alpha value is -1.99. The number of carbonyl (C=O) groups is 2. The Balaban J connectivity index is 2.40. The fourth-order valence-electron chi connectivity index (χ4n) is 3.77. The smallest absolute Gasteiger partial charge is 0.312 e. The van der Waals surface area contributed by atoms with E-state index in [4.69, 9.17) is 4.52 Å². The molecule has 4 heteroatoms. The normalized spacial score (nSPS) is 13.3. The van der Waals surface area contributed by atoms with E-state index in [9.17, 15) is 9.59 Å². The quantitative estimate of drug-likeness (QED) is 0.436. The van der Waals surface area contributed by atoms with Gasteiger partial charge in [-0.15, -0.1) is 0 Å². The molecule has 144 valence electrons. The van der Waals surface area contributed by atoms with Gasteiger partial charge < -0.3 is 4.52 Å². The van der Waals surface area contributed by atoms with Gasteiger partial charge in [-0.25, -0.2) is 0 Å². The lowest BCUT2D eigenvalue weighted by molar-refractivity contribution is -0.138. The Bertz CT molecular complexity index is 763.